The zero-order valence-electron chi connectivity index (χ0n) is 10.5. The van der Waals surface area contributed by atoms with Crippen LogP contribution >= 0.6 is 0 Å². The van der Waals surface area contributed by atoms with Gasteiger partial charge in [0.2, 0.25) is 0 Å². The van der Waals surface area contributed by atoms with Crippen molar-refractivity contribution in [2.45, 2.75) is 38.6 Å². The number of rotatable bonds is 9. The van der Waals surface area contributed by atoms with Crippen LogP contribution in [0, 0.1) is 0 Å². The lowest BCUT2D eigenvalue weighted by atomic mass is 10.0. The normalized spacial score (nSPS) is 10.9. The number of carboxylic acid groups (broad SMARTS) is 1. The van der Waals surface area contributed by atoms with E-state index >= 15 is 0 Å². The average molecular weight is 243 g/mol. The van der Waals surface area contributed by atoms with Gasteiger partial charge in [-0.2, -0.15) is 0 Å². The Hall–Kier alpha value is -1.36. The molecule has 0 saturated heterocycles. The Morgan fingerprint density at radius 3 is 2.65 bits per heavy atom. The quantitative estimate of drug-likeness (QED) is 0.363. The number of allylic oxidation sites excluding steroid dienone is 1. The highest BCUT2D eigenvalue weighted by Gasteiger charge is 2.22. The first kappa shape index (κ1) is 15.6. The van der Waals surface area contributed by atoms with E-state index < -0.39 is 11.5 Å². The van der Waals surface area contributed by atoms with Crippen molar-refractivity contribution in [1.29, 1.82) is 0 Å². The van der Waals surface area contributed by atoms with Gasteiger partial charge < -0.3 is 15.2 Å². The fraction of sp³-hybridized carbons (Fsp3) is 0.667. The molecule has 98 valence electrons. The number of unbranched alkanes of at least 4 members (excludes halogenated alkanes) is 1. The minimum absolute atomic E-state index is 0.147. The molecule has 0 aliphatic carbocycles. The van der Waals surface area contributed by atoms with Crippen LogP contribution in [0.25, 0.3) is 0 Å². The van der Waals surface area contributed by atoms with Gasteiger partial charge in [-0.3, -0.25) is 9.59 Å². The minimum Gasteiger partial charge on any atom is -0.480 e. The summed E-state index contributed by atoms with van der Waals surface area (Å²) in [6.45, 7) is 7.31. The Labute approximate surface area is 102 Å². The van der Waals surface area contributed by atoms with E-state index in [0.29, 0.717) is 6.61 Å². The lowest BCUT2D eigenvalue weighted by Crippen LogP contribution is -2.44. The molecular formula is C12H21NO4. The molecule has 0 rings (SSSR count). The van der Waals surface area contributed by atoms with Crippen molar-refractivity contribution in [2.75, 3.05) is 13.2 Å². The maximum Gasteiger partial charge on any atom is 0.317 e. The number of hydrogen-bond acceptors (Lipinski definition) is 4. The van der Waals surface area contributed by atoms with Crippen molar-refractivity contribution < 1.29 is 19.4 Å². The molecule has 0 aromatic heterocycles. The lowest BCUT2D eigenvalue weighted by Gasteiger charge is -2.24. The van der Waals surface area contributed by atoms with Gasteiger partial charge in [0.1, 0.15) is 0 Å². The van der Waals surface area contributed by atoms with Gasteiger partial charge >= 0.3 is 11.9 Å². The molecule has 5 nitrogen and oxygen atoms in total. The number of esters is 1. The Morgan fingerprint density at radius 1 is 1.47 bits per heavy atom. The lowest BCUT2D eigenvalue weighted by molar-refractivity contribution is -0.146. The second-order valence-corrected chi connectivity index (χ2v) is 4.46. The number of carbonyl (C=O) groups is 2. The molecule has 0 amide bonds. The highest BCUT2D eigenvalue weighted by molar-refractivity contribution is 5.71. The first-order valence-electron chi connectivity index (χ1n) is 5.61. The third kappa shape index (κ3) is 9.56. The zero-order chi connectivity index (χ0) is 13.3. The van der Waals surface area contributed by atoms with E-state index in [-0.39, 0.29) is 18.9 Å². The Kier molecular flexibility index (Phi) is 7.21. The molecule has 0 spiro atoms. The number of ether oxygens (including phenoxy) is 1. The predicted octanol–water partition coefficient (Wildman–Crippen LogP) is 1.34. The summed E-state index contributed by atoms with van der Waals surface area (Å²) in [5.74, 6) is -1.27. The number of carboxylic acids is 1. The molecule has 0 radical (unpaired) electrons. The summed E-state index contributed by atoms with van der Waals surface area (Å²) in [5.41, 5.74) is -0.575. The summed E-state index contributed by atoms with van der Waals surface area (Å²) in [5, 5.41) is 11.3. The molecule has 0 unspecified atom stereocenters. The van der Waals surface area contributed by atoms with E-state index in [9.17, 15) is 9.59 Å². The van der Waals surface area contributed by atoms with Gasteiger partial charge in [-0.25, -0.2) is 0 Å². The first-order chi connectivity index (χ1) is 7.87. The van der Waals surface area contributed by atoms with Gasteiger partial charge in [-0.1, -0.05) is 6.08 Å². The molecule has 0 atom stereocenters. The van der Waals surface area contributed by atoms with Crippen LogP contribution in [0.1, 0.15) is 33.1 Å². The van der Waals surface area contributed by atoms with Crippen LogP contribution in [0.15, 0.2) is 12.7 Å². The van der Waals surface area contributed by atoms with Crippen molar-refractivity contribution in [3.8, 4) is 0 Å². The molecule has 0 aromatic rings. The summed E-state index contributed by atoms with van der Waals surface area (Å²) >= 11 is 0. The monoisotopic (exact) mass is 243 g/mol. The van der Waals surface area contributed by atoms with Crippen molar-refractivity contribution >= 4 is 11.9 Å². The summed E-state index contributed by atoms with van der Waals surface area (Å²) < 4.78 is 5.01. The molecule has 0 fully saturated rings. The molecule has 5 heteroatoms. The van der Waals surface area contributed by atoms with Crippen LogP contribution < -0.4 is 5.32 Å². The standard InChI is InChI=1S/C12H21NO4/c1-4-5-6-7-17-11(16)8-12(2,3)13-9-10(14)15/h4,13H,1,5-9H2,2-3H3,(H,14,15). The van der Waals surface area contributed by atoms with Crippen molar-refractivity contribution in [2.24, 2.45) is 0 Å². The van der Waals surface area contributed by atoms with Crippen molar-refractivity contribution in [1.82, 2.24) is 5.32 Å². The zero-order valence-corrected chi connectivity index (χ0v) is 10.5. The minimum atomic E-state index is -0.947. The summed E-state index contributed by atoms with van der Waals surface area (Å²) in [6, 6.07) is 0. The molecular weight excluding hydrogens is 222 g/mol. The molecule has 17 heavy (non-hydrogen) atoms. The fourth-order valence-corrected chi connectivity index (χ4v) is 1.20. The van der Waals surface area contributed by atoms with Crippen LogP contribution in [0.2, 0.25) is 0 Å². The number of aliphatic carboxylic acids is 1. The maximum atomic E-state index is 11.4. The number of carbonyl (C=O) groups excluding carboxylic acids is 1. The smallest absolute Gasteiger partial charge is 0.317 e. The third-order valence-corrected chi connectivity index (χ3v) is 2.12. The Bertz CT molecular complexity index is 274. The van der Waals surface area contributed by atoms with Gasteiger partial charge in [0, 0.05) is 5.54 Å². The fourth-order valence-electron chi connectivity index (χ4n) is 1.20. The largest absolute Gasteiger partial charge is 0.480 e. The Morgan fingerprint density at radius 2 is 2.12 bits per heavy atom. The van der Waals surface area contributed by atoms with E-state index in [1.807, 2.05) is 0 Å². The summed E-state index contributed by atoms with van der Waals surface area (Å²) in [6.07, 6.45) is 3.49. The predicted molar refractivity (Wildman–Crippen MR) is 64.7 cm³/mol. The van der Waals surface area contributed by atoms with E-state index in [1.54, 1.807) is 19.9 Å². The van der Waals surface area contributed by atoms with Gasteiger partial charge in [0.05, 0.1) is 19.6 Å². The number of nitrogens with one attached hydrogen (secondary N) is 1. The highest BCUT2D eigenvalue weighted by atomic mass is 16.5. The molecule has 0 aliphatic rings. The van der Waals surface area contributed by atoms with Gasteiger partial charge in [-0.15, -0.1) is 6.58 Å². The van der Waals surface area contributed by atoms with Crippen LogP contribution in [0.3, 0.4) is 0 Å². The SMILES string of the molecule is C=CCCCOC(=O)CC(C)(C)NCC(=O)O. The summed E-state index contributed by atoms with van der Waals surface area (Å²) in [4.78, 5) is 21.8. The van der Waals surface area contributed by atoms with E-state index in [4.69, 9.17) is 9.84 Å². The molecule has 0 aliphatic heterocycles. The first-order valence-corrected chi connectivity index (χ1v) is 5.61. The second kappa shape index (κ2) is 7.84. The Balaban J connectivity index is 3.83. The van der Waals surface area contributed by atoms with Crippen molar-refractivity contribution in [3.05, 3.63) is 12.7 Å². The molecule has 0 aromatic carbocycles. The van der Waals surface area contributed by atoms with E-state index in [2.05, 4.69) is 11.9 Å². The molecule has 0 saturated carbocycles. The molecule has 0 bridgehead atoms. The highest BCUT2D eigenvalue weighted by Crippen LogP contribution is 2.09. The second-order valence-electron chi connectivity index (χ2n) is 4.46. The van der Waals surface area contributed by atoms with Gasteiger partial charge in [0.15, 0.2) is 0 Å². The van der Waals surface area contributed by atoms with Crippen molar-refractivity contribution in [3.63, 3.8) is 0 Å². The van der Waals surface area contributed by atoms with Crippen LogP contribution in [-0.4, -0.2) is 35.7 Å². The van der Waals surface area contributed by atoms with Crippen LogP contribution in [0.5, 0.6) is 0 Å². The topological polar surface area (TPSA) is 75.6 Å². The molecule has 0 heterocycles. The van der Waals surface area contributed by atoms with Gasteiger partial charge in [0.25, 0.3) is 0 Å². The van der Waals surface area contributed by atoms with E-state index in [1.165, 1.54) is 0 Å². The van der Waals surface area contributed by atoms with Crippen LogP contribution in [0.4, 0.5) is 0 Å². The molecule has 2 N–H and O–H groups in total. The average Bonchev–Trinajstić information content (AvgIpc) is 2.21. The summed E-state index contributed by atoms with van der Waals surface area (Å²) in [7, 11) is 0. The van der Waals surface area contributed by atoms with E-state index in [0.717, 1.165) is 12.8 Å². The van der Waals surface area contributed by atoms with Crippen LogP contribution in [-0.2, 0) is 14.3 Å². The van der Waals surface area contributed by atoms with Gasteiger partial charge in [-0.05, 0) is 26.7 Å². The third-order valence-electron chi connectivity index (χ3n) is 2.12. The number of hydrogen-bond donors (Lipinski definition) is 2. The maximum absolute atomic E-state index is 11.4.